The van der Waals surface area contributed by atoms with E-state index in [2.05, 4.69) is 21.0 Å². The van der Waals surface area contributed by atoms with E-state index in [1.165, 1.54) is 6.07 Å². The first kappa shape index (κ1) is 20.0. The van der Waals surface area contributed by atoms with Crippen LogP contribution in [-0.2, 0) is 18.3 Å². The Morgan fingerprint density at radius 3 is 2.62 bits per heavy atom. The summed E-state index contributed by atoms with van der Waals surface area (Å²) in [6.45, 7) is 5.96. The maximum Gasteiger partial charge on any atom is 0.251 e. The standard InChI is InChI=1S/C22H21N5O2/c1-4-14-8-15-6-7-16(9-18(15)26-21(14)28)22(3,13-24)11-19-25-17(12-23)10-20(27-19)29-5-2/h6-10H,4-5,11H2,1-3H3,(H,26,28). The van der Waals surface area contributed by atoms with Crippen LogP contribution in [0.5, 0.6) is 5.88 Å². The number of nitrogens with one attached hydrogen (secondary N) is 1. The van der Waals surface area contributed by atoms with Gasteiger partial charge in [0.25, 0.3) is 5.56 Å². The van der Waals surface area contributed by atoms with Gasteiger partial charge in [0, 0.05) is 23.6 Å². The Morgan fingerprint density at radius 2 is 1.97 bits per heavy atom. The van der Waals surface area contributed by atoms with Gasteiger partial charge in [0.15, 0.2) is 0 Å². The van der Waals surface area contributed by atoms with E-state index in [1.807, 2.05) is 44.2 Å². The van der Waals surface area contributed by atoms with Crippen molar-refractivity contribution in [1.82, 2.24) is 15.0 Å². The van der Waals surface area contributed by atoms with Gasteiger partial charge in [0.2, 0.25) is 5.88 Å². The molecule has 0 saturated heterocycles. The zero-order valence-corrected chi connectivity index (χ0v) is 16.6. The Hall–Kier alpha value is -3.71. The first-order valence-electron chi connectivity index (χ1n) is 9.41. The van der Waals surface area contributed by atoms with E-state index in [4.69, 9.17) is 4.74 Å². The van der Waals surface area contributed by atoms with E-state index < -0.39 is 5.41 Å². The fraction of sp³-hybridized carbons (Fsp3) is 0.318. The summed E-state index contributed by atoms with van der Waals surface area (Å²) in [4.78, 5) is 23.6. The topological polar surface area (TPSA) is 115 Å². The monoisotopic (exact) mass is 387 g/mol. The molecular weight excluding hydrogens is 366 g/mol. The second-order valence-electron chi connectivity index (χ2n) is 6.95. The summed E-state index contributed by atoms with van der Waals surface area (Å²) in [6, 6.07) is 13.3. The Morgan fingerprint density at radius 1 is 1.17 bits per heavy atom. The zero-order valence-electron chi connectivity index (χ0n) is 16.6. The minimum atomic E-state index is -0.952. The lowest BCUT2D eigenvalue weighted by Gasteiger charge is -2.22. The molecule has 3 aromatic rings. The summed E-state index contributed by atoms with van der Waals surface area (Å²) >= 11 is 0. The number of nitrogens with zero attached hydrogens (tertiary/aromatic N) is 4. The molecule has 2 heterocycles. The highest BCUT2D eigenvalue weighted by atomic mass is 16.5. The molecule has 1 aromatic carbocycles. The van der Waals surface area contributed by atoms with Gasteiger partial charge in [0.05, 0.1) is 18.1 Å². The molecule has 7 nitrogen and oxygen atoms in total. The number of aryl methyl sites for hydroxylation is 1. The molecule has 7 heteroatoms. The number of pyridine rings is 1. The third-order valence-electron chi connectivity index (χ3n) is 4.86. The van der Waals surface area contributed by atoms with Crippen molar-refractivity contribution in [1.29, 1.82) is 10.5 Å². The molecule has 29 heavy (non-hydrogen) atoms. The number of aromatic nitrogens is 3. The molecule has 146 valence electrons. The number of H-pyrrole nitrogens is 1. The van der Waals surface area contributed by atoms with Crippen molar-refractivity contribution in [3.05, 3.63) is 63.3 Å². The molecule has 1 N–H and O–H groups in total. The van der Waals surface area contributed by atoms with Crippen molar-refractivity contribution >= 4 is 10.9 Å². The summed E-state index contributed by atoms with van der Waals surface area (Å²) in [6.07, 6.45) is 0.847. The summed E-state index contributed by atoms with van der Waals surface area (Å²) < 4.78 is 5.41. The largest absolute Gasteiger partial charge is 0.478 e. The van der Waals surface area contributed by atoms with Crippen LogP contribution in [0.15, 0.2) is 35.1 Å². The molecule has 0 spiro atoms. The highest BCUT2D eigenvalue weighted by Gasteiger charge is 2.29. The van der Waals surface area contributed by atoms with Crippen LogP contribution in [0.25, 0.3) is 10.9 Å². The lowest BCUT2D eigenvalue weighted by molar-refractivity contribution is 0.324. The number of fused-ring (bicyclic) bond motifs is 1. The molecule has 1 atom stereocenters. The van der Waals surface area contributed by atoms with E-state index in [1.54, 1.807) is 6.92 Å². The van der Waals surface area contributed by atoms with Gasteiger partial charge in [-0.3, -0.25) is 4.79 Å². The van der Waals surface area contributed by atoms with Gasteiger partial charge >= 0.3 is 0 Å². The zero-order chi connectivity index (χ0) is 21.0. The molecule has 0 fully saturated rings. The molecule has 0 aliphatic heterocycles. The van der Waals surface area contributed by atoms with Crippen LogP contribution in [0.2, 0.25) is 0 Å². The average molecular weight is 387 g/mol. The van der Waals surface area contributed by atoms with E-state index in [0.29, 0.717) is 30.2 Å². The van der Waals surface area contributed by atoms with Crippen molar-refractivity contribution in [2.45, 2.75) is 39.0 Å². The Labute approximate surface area is 168 Å². The minimum Gasteiger partial charge on any atom is -0.478 e. The van der Waals surface area contributed by atoms with Gasteiger partial charge in [-0.05, 0) is 43.4 Å². The summed E-state index contributed by atoms with van der Waals surface area (Å²) in [5.41, 5.74) is 1.24. The van der Waals surface area contributed by atoms with Gasteiger partial charge in [-0.15, -0.1) is 0 Å². The molecular formula is C22H21N5O2. The smallest absolute Gasteiger partial charge is 0.251 e. The SMILES string of the molecule is CCOc1cc(C#N)nc(CC(C)(C#N)c2ccc3cc(CC)c(=O)[nH]c3c2)n1. The van der Waals surface area contributed by atoms with Gasteiger partial charge in [-0.2, -0.15) is 15.5 Å². The minimum absolute atomic E-state index is 0.123. The van der Waals surface area contributed by atoms with Gasteiger partial charge in [-0.1, -0.05) is 19.1 Å². The number of nitriles is 2. The Balaban J connectivity index is 2.04. The van der Waals surface area contributed by atoms with Crippen LogP contribution in [-0.4, -0.2) is 21.6 Å². The second-order valence-corrected chi connectivity index (χ2v) is 6.95. The molecule has 0 saturated carbocycles. The van der Waals surface area contributed by atoms with Crippen molar-refractivity contribution in [3.63, 3.8) is 0 Å². The van der Waals surface area contributed by atoms with E-state index in [9.17, 15) is 15.3 Å². The van der Waals surface area contributed by atoms with E-state index >= 15 is 0 Å². The summed E-state index contributed by atoms with van der Waals surface area (Å²) in [5.74, 6) is 0.663. The molecule has 3 rings (SSSR count). The van der Waals surface area contributed by atoms with Crippen molar-refractivity contribution in [2.24, 2.45) is 0 Å². The normalized spacial score (nSPS) is 12.7. The van der Waals surface area contributed by atoms with Crippen LogP contribution in [0.3, 0.4) is 0 Å². The Bertz CT molecular complexity index is 1200. The predicted molar refractivity (Wildman–Crippen MR) is 109 cm³/mol. The van der Waals surface area contributed by atoms with E-state index in [-0.39, 0.29) is 17.7 Å². The second kappa shape index (κ2) is 8.12. The first-order chi connectivity index (χ1) is 13.9. The van der Waals surface area contributed by atoms with Crippen molar-refractivity contribution in [2.75, 3.05) is 6.61 Å². The van der Waals surface area contributed by atoms with Crippen molar-refractivity contribution in [3.8, 4) is 18.0 Å². The van der Waals surface area contributed by atoms with E-state index in [0.717, 1.165) is 16.5 Å². The first-order valence-corrected chi connectivity index (χ1v) is 9.41. The van der Waals surface area contributed by atoms with Crippen LogP contribution >= 0.6 is 0 Å². The summed E-state index contributed by atoms with van der Waals surface area (Å²) in [7, 11) is 0. The number of rotatable bonds is 6. The predicted octanol–water partition coefficient (Wildman–Crippen LogP) is 3.17. The molecule has 2 aromatic heterocycles. The third-order valence-corrected chi connectivity index (χ3v) is 4.86. The highest BCUT2D eigenvalue weighted by Crippen LogP contribution is 2.29. The van der Waals surface area contributed by atoms with Gasteiger partial charge in [-0.25, -0.2) is 4.98 Å². The molecule has 0 bridgehead atoms. The summed E-state index contributed by atoms with van der Waals surface area (Å²) in [5, 5.41) is 20.1. The molecule has 0 amide bonds. The molecule has 0 aliphatic rings. The van der Waals surface area contributed by atoms with Crippen molar-refractivity contribution < 1.29 is 4.74 Å². The third kappa shape index (κ3) is 4.09. The fourth-order valence-electron chi connectivity index (χ4n) is 3.21. The number of hydrogen-bond donors (Lipinski definition) is 1. The number of hydrogen-bond acceptors (Lipinski definition) is 6. The van der Waals surface area contributed by atoms with Gasteiger partial charge < -0.3 is 9.72 Å². The average Bonchev–Trinajstić information content (AvgIpc) is 2.72. The van der Waals surface area contributed by atoms with Crippen LogP contribution in [0.1, 0.15) is 43.4 Å². The number of ether oxygens (including phenoxy) is 1. The Kier molecular flexibility index (Phi) is 5.61. The van der Waals surface area contributed by atoms with Crippen LogP contribution in [0, 0.1) is 22.7 Å². The highest BCUT2D eigenvalue weighted by molar-refractivity contribution is 5.80. The maximum absolute atomic E-state index is 12.2. The van der Waals surface area contributed by atoms with Crippen LogP contribution < -0.4 is 10.3 Å². The lowest BCUT2D eigenvalue weighted by atomic mass is 9.80. The quantitative estimate of drug-likeness (QED) is 0.694. The number of aromatic amines is 1. The maximum atomic E-state index is 12.2. The fourth-order valence-corrected chi connectivity index (χ4v) is 3.21. The van der Waals surface area contributed by atoms with Crippen LogP contribution in [0.4, 0.5) is 0 Å². The molecule has 0 radical (unpaired) electrons. The lowest BCUT2D eigenvalue weighted by Crippen LogP contribution is -2.24. The molecule has 0 aliphatic carbocycles. The number of benzene rings is 1. The molecule has 1 unspecified atom stereocenters. The van der Waals surface area contributed by atoms with Gasteiger partial charge in [0.1, 0.15) is 17.6 Å².